The second kappa shape index (κ2) is 8.05. The summed E-state index contributed by atoms with van der Waals surface area (Å²) in [5.41, 5.74) is 2.08. The molecule has 0 bridgehead atoms. The van der Waals surface area contributed by atoms with Crippen LogP contribution in [-0.2, 0) is 0 Å². The monoisotopic (exact) mass is 425 g/mol. The molecule has 0 radical (unpaired) electrons. The Bertz CT molecular complexity index is 1450. The molecular formula is C25H16ClN3O2. The highest BCUT2D eigenvalue weighted by Gasteiger charge is 2.12. The third-order valence-electron chi connectivity index (χ3n) is 4.84. The Morgan fingerprint density at radius 2 is 1.58 bits per heavy atom. The number of aromatic nitrogens is 2. The first-order valence-electron chi connectivity index (χ1n) is 9.66. The number of benzene rings is 3. The molecule has 0 atom stereocenters. The van der Waals surface area contributed by atoms with Gasteiger partial charge in [-0.3, -0.25) is 4.79 Å². The van der Waals surface area contributed by atoms with E-state index in [-0.39, 0.29) is 5.56 Å². The first-order chi connectivity index (χ1) is 15.2. The Labute approximate surface area is 182 Å². The molecule has 0 unspecified atom stereocenters. The van der Waals surface area contributed by atoms with E-state index in [1.165, 1.54) is 10.9 Å². The Hall–Kier alpha value is -3.96. The molecule has 0 amide bonds. The Kier molecular flexibility index (Phi) is 4.94. The van der Waals surface area contributed by atoms with Crippen molar-refractivity contribution in [3.05, 3.63) is 112 Å². The van der Waals surface area contributed by atoms with Gasteiger partial charge in [-0.05, 0) is 48.5 Å². The molecule has 0 fully saturated rings. The van der Waals surface area contributed by atoms with E-state index in [4.69, 9.17) is 16.0 Å². The molecule has 0 aliphatic carbocycles. The zero-order chi connectivity index (χ0) is 21.2. The maximum atomic E-state index is 13.2. The molecule has 150 valence electrons. The Morgan fingerprint density at radius 3 is 2.39 bits per heavy atom. The van der Waals surface area contributed by atoms with Crippen LogP contribution in [0, 0.1) is 0 Å². The molecular weight excluding hydrogens is 410 g/mol. The molecule has 5 aromatic rings. The number of hydrogen-bond donors (Lipinski definition) is 0. The molecule has 0 saturated heterocycles. The lowest BCUT2D eigenvalue weighted by atomic mass is 10.2. The van der Waals surface area contributed by atoms with Gasteiger partial charge in [0, 0.05) is 16.1 Å². The van der Waals surface area contributed by atoms with E-state index >= 15 is 0 Å². The van der Waals surface area contributed by atoms with Gasteiger partial charge in [0.25, 0.3) is 5.56 Å². The lowest BCUT2D eigenvalue weighted by Crippen LogP contribution is -2.20. The molecule has 3 aromatic carbocycles. The van der Waals surface area contributed by atoms with Crippen LogP contribution in [0.2, 0.25) is 5.02 Å². The normalized spacial score (nSPS) is 11.4. The molecule has 0 saturated carbocycles. The molecule has 0 spiro atoms. The fraction of sp³-hybridized carbons (Fsp3) is 0. The highest BCUT2D eigenvalue weighted by atomic mass is 35.5. The number of hydrogen-bond acceptors (Lipinski definition) is 4. The maximum absolute atomic E-state index is 13.2. The van der Waals surface area contributed by atoms with Crippen LogP contribution in [0.15, 0.2) is 105 Å². The standard InChI is InChI=1S/C25H16ClN3O2/c26-19-12-10-17(11-13-19)23-15-14-20(31-23)16-27-29-24(18-6-2-1-3-7-18)28-22-9-5-4-8-21(22)25(29)30/h1-16H. The van der Waals surface area contributed by atoms with Gasteiger partial charge >= 0.3 is 0 Å². The van der Waals surface area contributed by atoms with E-state index in [0.717, 1.165) is 11.1 Å². The minimum atomic E-state index is -0.245. The minimum absolute atomic E-state index is 0.245. The van der Waals surface area contributed by atoms with Crippen molar-refractivity contribution in [2.75, 3.05) is 0 Å². The molecule has 0 N–H and O–H groups in total. The van der Waals surface area contributed by atoms with Crippen molar-refractivity contribution >= 4 is 28.7 Å². The lowest BCUT2D eigenvalue weighted by molar-refractivity contribution is 0.574. The molecule has 5 nitrogen and oxygen atoms in total. The second-order valence-electron chi connectivity index (χ2n) is 6.89. The summed E-state index contributed by atoms with van der Waals surface area (Å²) in [6, 6.07) is 27.8. The van der Waals surface area contributed by atoms with Crippen LogP contribution in [0.25, 0.3) is 33.6 Å². The Balaban J connectivity index is 1.59. The summed E-state index contributed by atoms with van der Waals surface area (Å²) in [6.07, 6.45) is 1.52. The van der Waals surface area contributed by atoms with Crippen LogP contribution in [0.3, 0.4) is 0 Å². The van der Waals surface area contributed by atoms with Crippen molar-refractivity contribution < 1.29 is 4.42 Å². The summed E-state index contributed by atoms with van der Waals surface area (Å²) in [7, 11) is 0. The van der Waals surface area contributed by atoms with Crippen LogP contribution in [-0.4, -0.2) is 15.9 Å². The van der Waals surface area contributed by atoms with Gasteiger partial charge < -0.3 is 4.42 Å². The molecule has 5 rings (SSSR count). The lowest BCUT2D eigenvalue weighted by Gasteiger charge is -2.09. The first kappa shape index (κ1) is 19.0. The SMILES string of the molecule is O=c1c2ccccc2nc(-c2ccccc2)n1N=Cc1ccc(-c2ccc(Cl)cc2)o1. The minimum Gasteiger partial charge on any atom is -0.455 e. The number of rotatable bonds is 4. The molecule has 31 heavy (non-hydrogen) atoms. The quantitative estimate of drug-likeness (QED) is 0.339. The van der Waals surface area contributed by atoms with Gasteiger partial charge in [0.1, 0.15) is 11.5 Å². The molecule has 2 heterocycles. The van der Waals surface area contributed by atoms with E-state index in [1.54, 1.807) is 24.3 Å². The van der Waals surface area contributed by atoms with Crippen molar-refractivity contribution in [3.63, 3.8) is 0 Å². The molecule has 0 aliphatic rings. The second-order valence-corrected chi connectivity index (χ2v) is 7.33. The highest BCUT2D eigenvalue weighted by Crippen LogP contribution is 2.23. The number of nitrogens with zero attached hydrogens (tertiary/aromatic N) is 3. The van der Waals surface area contributed by atoms with E-state index in [0.29, 0.717) is 33.3 Å². The first-order valence-corrected chi connectivity index (χ1v) is 10.0. The van der Waals surface area contributed by atoms with Crippen LogP contribution in [0.5, 0.6) is 0 Å². The summed E-state index contributed by atoms with van der Waals surface area (Å²) in [6.45, 7) is 0. The van der Waals surface area contributed by atoms with Crippen LogP contribution in [0.4, 0.5) is 0 Å². The van der Waals surface area contributed by atoms with Gasteiger partial charge in [-0.1, -0.05) is 54.1 Å². The van der Waals surface area contributed by atoms with Gasteiger partial charge in [-0.15, -0.1) is 0 Å². The predicted molar refractivity (Wildman–Crippen MR) is 124 cm³/mol. The summed E-state index contributed by atoms with van der Waals surface area (Å²) in [5.74, 6) is 1.67. The van der Waals surface area contributed by atoms with Gasteiger partial charge in [0.15, 0.2) is 5.82 Å². The number of para-hydroxylation sites is 1. The smallest absolute Gasteiger partial charge is 0.282 e. The van der Waals surface area contributed by atoms with Gasteiger partial charge in [0.2, 0.25) is 0 Å². The highest BCUT2D eigenvalue weighted by molar-refractivity contribution is 6.30. The van der Waals surface area contributed by atoms with Gasteiger partial charge in [-0.25, -0.2) is 4.98 Å². The van der Waals surface area contributed by atoms with E-state index in [2.05, 4.69) is 10.1 Å². The van der Waals surface area contributed by atoms with Crippen molar-refractivity contribution in [2.45, 2.75) is 0 Å². The third-order valence-corrected chi connectivity index (χ3v) is 5.09. The van der Waals surface area contributed by atoms with Crippen LogP contribution in [0.1, 0.15) is 5.76 Å². The van der Waals surface area contributed by atoms with Crippen LogP contribution >= 0.6 is 11.6 Å². The number of fused-ring (bicyclic) bond motifs is 1. The van der Waals surface area contributed by atoms with Gasteiger partial charge in [0.05, 0.1) is 17.1 Å². The fourth-order valence-electron chi connectivity index (χ4n) is 3.31. The zero-order valence-electron chi connectivity index (χ0n) is 16.3. The fourth-order valence-corrected chi connectivity index (χ4v) is 3.44. The average Bonchev–Trinajstić information content (AvgIpc) is 3.28. The van der Waals surface area contributed by atoms with Crippen molar-refractivity contribution in [2.24, 2.45) is 5.10 Å². The zero-order valence-corrected chi connectivity index (χ0v) is 17.0. The topological polar surface area (TPSA) is 60.4 Å². The largest absolute Gasteiger partial charge is 0.455 e. The number of furan rings is 1. The van der Waals surface area contributed by atoms with Crippen LogP contribution < -0.4 is 5.56 Å². The molecule has 0 aliphatic heterocycles. The summed E-state index contributed by atoms with van der Waals surface area (Å²) in [5, 5.41) is 5.59. The van der Waals surface area contributed by atoms with E-state index < -0.39 is 0 Å². The summed E-state index contributed by atoms with van der Waals surface area (Å²) >= 11 is 5.95. The van der Waals surface area contributed by atoms with Crippen molar-refractivity contribution in [3.8, 4) is 22.7 Å². The van der Waals surface area contributed by atoms with Crippen molar-refractivity contribution in [1.82, 2.24) is 9.66 Å². The summed E-state index contributed by atoms with van der Waals surface area (Å²) < 4.78 is 7.18. The molecule has 6 heteroatoms. The van der Waals surface area contributed by atoms with E-state index in [1.807, 2.05) is 66.7 Å². The van der Waals surface area contributed by atoms with E-state index in [9.17, 15) is 4.79 Å². The maximum Gasteiger partial charge on any atom is 0.282 e. The van der Waals surface area contributed by atoms with Gasteiger partial charge in [-0.2, -0.15) is 9.78 Å². The average molecular weight is 426 g/mol. The van der Waals surface area contributed by atoms with Crippen molar-refractivity contribution in [1.29, 1.82) is 0 Å². The Morgan fingerprint density at radius 1 is 0.839 bits per heavy atom. The molecule has 2 aromatic heterocycles. The predicted octanol–water partition coefficient (Wildman–Crippen LogP) is 5.86. The summed E-state index contributed by atoms with van der Waals surface area (Å²) in [4.78, 5) is 17.9. The number of halogens is 1. The third kappa shape index (κ3) is 3.79.